The summed E-state index contributed by atoms with van der Waals surface area (Å²) < 4.78 is 5.18. The van der Waals surface area contributed by atoms with Crippen LogP contribution < -0.4 is 10.1 Å². The van der Waals surface area contributed by atoms with Crippen LogP contribution in [0.15, 0.2) is 54.6 Å². The zero-order valence-corrected chi connectivity index (χ0v) is 15.7. The fourth-order valence-electron chi connectivity index (χ4n) is 2.72. The molecule has 2 aromatic rings. The lowest BCUT2D eigenvalue weighted by Gasteiger charge is -2.20. The van der Waals surface area contributed by atoms with Gasteiger partial charge in [0.05, 0.1) is 18.1 Å². The summed E-state index contributed by atoms with van der Waals surface area (Å²) in [4.78, 5) is 22.7. The molecule has 142 valence electrons. The molecule has 1 atom stereocenters. The summed E-state index contributed by atoms with van der Waals surface area (Å²) >= 11 is 0. The minimum Gasteiger partial charge on any atom is -0.497 e. The highest BCUT2D eigenvalue weighted by atomic mass is 16.6. The summed E-state index contributed by atoms with van der Waals surface area (Å²) in [6, 6.07) is 13.6. The summed E-state index contributed by atoms with van der Waals surface area (Å²) in [6.07, 6.45) is 3.77. The quantitative estimate of drug-likeness (QED) is 0.422. The van der Waals surface area contributed by atoms with Gasteiger partial charge >= 0.3 is 0 Å². The van der Waals surface area contributed by atoms with E-state index in [2.05, 4.69) is 19.2 Å². The number of ether oxygens (including phenoxy) is 1. The zero-order chi connectivity index (χ0) is 19.8. The maximum absolute atomic E-state index is 12.4. The second-order valence-corrected chi connectivity index (χ2v) is 6.65. The van der Waals surface area contributed by atoms with Crippen LogP contribution in [0.25, 0.3) is 6.08 Å². The first kappa shape index (κ1) is 20.2. The Morgan fingerprint density at radius 3 is 2.52 bits per heavy atom. The highest BCUT2D eigenvalue weighted by Gasteiger charge is 2.15. The molecular weight excluding hydrogens is 344 g/mol. The van der Waals surface area contributed by atoms with E-state index in [1.807, 2.05) is 24.3 Å². The molecule has 0 saturated carbocycles. The number of rotatable bonds is 8. The first-order chi connectivity index (χ1) is 12.9. The number of hydrogen-bond donors (Lipinski definition) is 1. The van der Waals surface area contributed by atoms with E-state index in [1.54, 1.807) is 25.3 Å². The summed E-state index contributed by atoms with van der Waals surface area (Å²) in [7, 11) is 1.61. The van der Waals surface area contributed by atoms with Gasteiger partial charge in [-0.3, -0.25) is 14.9 Å². The number of carbonyl (C=O) groups excluding carboxylic acids is 1. The molecule has 2 aromatic carbocycles. The third kappa shape index (κ3) is 6.26. The normalized spacial score (nSPS) is 12.1. The van der Waals surface area contributed by atoms with Gasteiger partial charge < -0.3 is 10.1 Å². The Morgan fingerprint density at radius 2 is 1.93 bits per heavy atom. The minimum absolute atomic E-state index is 0.00604. The number of nitro benzene ring substituents is 1. The number of nitro groups is 1. The lowest BCUT2D eigenvalue weighted by Crippen LogP contribution is -2.27. The highest BCUT2D eigenvalue weighted by Crippen LogP contribution is 2.23. The Kier molecular flexibility index (Phi) is 7.11. The number of amides is 1. The maximum atomic E-state index is 12.4. The van der Waals surface area contributed by atoms with E-state index in [0.29, 0.717) is 11.5 Å². The molecule has 27 heavy (non-hydrogen) atoms. The van der Waals surface area contributed by atoms with Gasteiger partial charge in [-0.1, -0.05) is 38.1 Å². The van der Waals surface area contributed by atoms with Crippen molar-refractivity contribution in [3.05, 3.63) is 75.8 Å². The van der Waals surface area contributed by atoms with E-state index in [0.717, 1.165) is 17.7 Å². The first-order valence-corrected chi connectivity index (χ1v) is 8.76. The van der Waals surface area contributed by atoms with Crippen LogP contribution in [-0.2, 0) is 4.79 Å². The lowest BCUT2D eigenvalue weighted by molar-refractivity contribution is -0.384. The van der Waals surface area contributed by atoms with E-state index in [-0.39, 0.29) is 17.6 Å². The van der Waals surface area contributed by atoms with Crippen LogP contribution in [-0.4, -0.2) is 17.9 Å². The molecule has 0 aliphatic carbocycles. The molecule has 0 bridgehead atoms. The fourth-order valence-corrected chi connectivity index (χ4v) is 2.72. The second-order valence-electron chi connectivity index (χ2n) is 6.65. The van der Waals surface area contributed by atoms with Crippen LogP contribution in [0.5, 0.6) is 5.75 Å². The average Bonchev–Trinajstić information content (AvgIpc) is 2.66. The van der Waals surface area contributed by atoms with Gasteiger partial charge in [0.25, 0.3) is 5.69 Å². The molecule has 1 N–H and O–H groups in total. The molecule has 0 spiro atoms. The van der Waals surface area contributed by atoms with Gasteiger partial charge in [0.15, 0.2) is 0 Å². The summed E-state index contributed by atoms with van der Waals surface area (Å²) in [5.74, 6) is 0.917. The SMILES string of the molecule is COc1ccc([C@H](CC(C)C)NC(=O)/C=C/c2cccc([N+](=O)[O-])c2)cc1. The van der Waals surface area contributed by atoms with Crippen LogP contribution in [0.1, 0.15) is 37.4 Å². The third-order valence-electron chi connectivity index (χ3n) is 4.05. The predicted molar refractivity (Wildman–Crippen MR) is 105 cm³/mol. The number of nitrogens with zero attached hydrogens (tertiary/aromatic N) is 1. The molecular formula is C21H24N2O4. The third-order valence-corrected chi connectivity index (χ3v) is 4.05. The number of nitrogens with one attached hydrogen (secondary N) is 1. The van der Waals surface area contributed by atoms with Gasteiger partial charge in [0.1, 0.15) is 5.75 Å². The van der Waals surface area contributed by atoms with Crippen molar-refractivity contribution in [2.24, 2.45) is 5.92 Å². The van der Waals surface area contributed by atoms with Gasteiger partial charge in [-0.25, -0.2) is 0 Å². The van der Waals surface area contributed by atoms with Crippen molar-refractivity contribution in [3.8, 4) is 5.75 Å². The highest BCUT2D eigenvalue weighted by molar-refractivity contribution is 5.92. The summed E-state index contributed by atoms with van der Waals surface area (Å²) in [5, 5.41) is 13.8. The Morgan fingerprint density at radius 1 is 1.22 bits per heavy atom. The van der Waals surface area contributed by atoms with Gasteiger partial charge in [0, 0.05) is 18.2 Å². The smallest absolute Gasteiger partial charge is 0.270 e. The molecule has 0 heterocycles. The molecule has 0 unspecified atom stereocenters. The average molecular weight is 368 g/mol. The number of carbonyl (C=O) groups is 1. The Bertz CT molecular complexity index is 813. The van der Waals surface area contributed by atoms with Crippen molar-refractivity contribution in [2.45, 2.75) is 26.3 Å². The van der Waals surface area contributed by atoms with Crippen LogP contribution in [0.3, 0.4) is 0 Å². The van der Waals surface area contributed by atoms with E-state index in [4.69, 9.17) is 4.74 Å². The second kappa shape index (κ2) is 9.52. The summed E-state index contributed by atoms with van der Waals surface area (Å²) in [5.41, 5.74) is 1.60. The van der Waals surface area contributed by atoms with Crippen LogP contribution in [0.2, 0.25) is 0 Å². The lowest BCUT2D eigenvalue weighted by atomic mass is 9.97. The van der Waals surface area contributed by atoms with Crippen molar-refractivity contribution < 1.29 is 14.5 Å². The molecule has 1 amide bonds. The fraction of sp³-hybridized carbons (Fsp3) is 0.286. The molecule has 0 aliphatic rings. The largest absolute Gasteiger partial charge is 0.497 e. The van der Waals surface area contributed by atoms with Crippen molar-refractivity contribution in [1.29, 1.82) is 0 Å². The standard InChI is InChI=1S/C21H24N2O4/c1-15(2)13-20(17-8-10-19(27-3)11-9-17)22-21(24)12-7-16-5-4-6-18(14-16)23(25)26/h4-12,14-15,20H,13H2,1-3H3,(H,22,24)/b12-7+/t20-/m0/s1. The number of hydrogen-bond acceptors (Lipinski definition) is 4. The Labute approximate surface area is 159 Å². The van der Waals surface area contributed by atoms with Crippen LogP contribution >= 0.6 is 0 Å². The molecule has 6 heteroatoms. The van der Waals surface area contributed by atoms with Gasteiger partial charge in [-0.15, -0.1) is 0 Å². The number of non-ortho nitro benzene ring substituents is 1. The maximum Gasteiger partial charge on any atom is 0.270 e. The molecule has 0 fully saturated rings. The van der Waals surface area contributed by atoms with Gasteiger partial charge in [-0.05, 0) is 41.7 Å². The monoisotopic (exact) mass is 368 g/mol. The van der Waals surface area contributed by atoms with Crippen LogP contribution in [0, 0.1) is 16.0 Å². The van der Waals surface area contributed by atoms with Crippen molar-refractivity contribution in [3.63, 3.8) is 0 Å². The molecule has 0 aromatic heterocycles. The summed E-state index contributed by atoms with van der Waals surface area (Å²) in [6.45, 7) is 4.20. The van der Waals surface area contributed by atoms with Crippen molar-refractivity contribution in [2.75, 3.05) is 7.11 Å². The van der Waals surface area contributed by atoms with Gasteiger partial charge in [-0.2, -0.15) is 0 Å². The number of benzene rings is 2. The minimum atomic E-state index is -0.459. The zero-order valence-electron chi connectivity index (χ0n) is 15.7. The van der Waals surface area contributed by atoms with E-state index < -0.39 is 4.92 Å². The first-order valence-electron chi connectivity index (χ1n) is 8.76. The number of methoxy groups -OCH3 is 1. The van der Waals surface area contributed by atoms with Crippen molar-refractivity contribution in [1.82, 2.24) is 5.32 Å². The van der Waals surface area contributed by atoms with E-state index in [9.17, 15) is 14.9 Å². The van der Waals surface area contributed by atoms with E-state index in [1.165, 1.54) is 18.2 Å². The predicted octanol–water partition coefficient (Wildman–Crippen LogP) is 4.52. The van der Waals surface area contributed by atoms with Crippen LogP contribution in [0.4, 0.5) is 5.69 Å². The Balaban J connectivity index is 2.10. The van der Waals surface area contributed by atoms with Crippen molar-refractivity contribution >= 4 is 17.7 Å². The van der Waals surface area contributed by atoms with E-state index >= 15 is 0 Å². The molecule has 0 radical (unpaired) electrons. The molecule has 2 rings (SSSR count). The topological polar surface area (TPSA) is 81.5 Å². The Hall–Kier alpha value is -3.15. The molecule has 0 aliphatic heterocycles. The molecule has 6 nitrogen and oxygen atoms in total. The van der Waals surface area contributed by atoms with Gasteiger partial charge in [0.2, 0.25) is 5.91 Å². The molecule has 0 saturated heterocycles.